The monoisotopic (exact) mass is 293 g/mol. The van der Waals surface area contributed by atoms with Crippen LogP contribution in [0.1, 0.15) is 24.2 Å². The van der Waals surface area contributed by atoms with Gasteiger partial charge in [0.2, 0.25) is 5.91 Å². The van der Waals surface area contributed by atoms with E-state index in [1.807, 2.05) is 6.07 Å². The van der Waals surface area contributed by atoms with Gasteiger partial charge in [-0.1, -0.05) is 11.6 Å². The second-order valence-electron chi connectivity index (χ2n) is 5.09. The van der Waals surface area contributed by atoms with Gasteiger partial charge in [0.05, 0.1) is 16.7 Å². The van der Waals surface area contributed by atoms with Crippen LogP contribution in [0, 0.1) is 16.7 Å². The Labute approximate surface area is 123 Å². The van der Waals surface area contributed by atoms with Crippen LogP contribution in [0.4, 0.5) is 5.69 Å². The second-order valence-corrected chi connectivity index (χ2v) is 5.49. The highest BCUT2D eigenvalue weighted by molar-refractivity contribution is 6.34. The third kappa shape index (κ3) is 3.49. The fourth-order valence-electron chi connectivity index (χ4n) is 1.35. The third-order valence-electron chi connectivity index (χ3n) is 2.71. The molecule has 0 radical (unpaired) electrons. The molecule has 1 N–H and O–H groups in total. The van der Waals surface area contributed by atoms with E-state index in [1.165, 1.54) is 30.9 Å². The van der Waals surface area contributed by atoms with Crippen LogP contribution >= 0.6 is 11.6 Å². The van der Waals surface area contributed by atoms with Crippen LogP contribution in [0.2, 0.25) is 5.02 Å². The van der Waals surface area contributed by atoms with Gasteiger partial charge in [-0.25, -0.2) is 0 Å². The molecule has 0 unspecified atom stereocenters. The van der Waals surface area contributed by atoms with Gasteiger partial charge in [0.15, 0.2) is 0 Å². The zero-order valence-corrected chi connectivity index (χ0v) is 12.6. The molecule has 1 aromatic rings. The van der Waals surface area contributed by atoms with Crippen LogP contribution in [-0.4, -0.2) is 30.8 Å². The average Bonchev–Trinajstić information content (AvgIpc) is 2.39. The van der Waals surface area contributed by atoms with Gasteiger partial charge in [0, 0.05) is 19.8 Å². The van der Waals surface area contributed by atoms with Gasteiger partial charge in [-0.3, -0.25) is 9.59 Å². The zero-order valence-electron chi connectivity index (χ0n) is 11.8. The van der Waals surface area contributed by atoms with Gasteiger partial charge >= 0.3 is 0 Å². The van der Waals surface area contributed by atoms with Crippen molar-refractivity contribution in [3.63, 3.8) is 0 Å². The minimum atomic E-state index is -1.15. The quantitative estimate of drug-likeness (QED) is 0.930. The average molecular weight is 294 g/mol. The van der Waals surface area contributed by atoms with Gasteiger partial charge < -0.3 is 10.2 Å². The van der Waals surface area contributed by atoms with E-state index in [9.17, 15) is 9.59 Å². The second kappa shape index (κ2) is 5.93. The van der Waals surface area contributed by atoms with Crippen molar-refractivity contribution in [1.29, 1.82) is 5.26 Å². The Morgan fingerprint density at radius 2 is 1.95 bits per heavy atom. The number of rotatable bonds is 3. The van der Waals surface area contributed by atoms with Gasteiger partial charge in [-0.15, -0.1) is 0 Å². The largest absolute Gasteiger partial charge is 0.345 e. The van der Waals surface area contributed by atoms with E-state index in [0.29, 0.717) is 16.3 Å². The fourth-order valence-corrected chi connectivity index (χ4v) is 1.54. The molecule has 0 saturated carbocycles. The number of carbonyl (C=O) groups excluding carboxylic acids is 2. The Bertz CT molecular complexity index is 589. The zero-order chi connectivity index (χ0) is 15.5. The van der Waals surface area contributed by atoms with Gasteiger partial charge in [-0.2, -0.15) is 5.26 Å². The molecule has 6 heteroatoms. The van der Waals surface area contributed by atoms with Crippen molar-refractivity contribution in [2.24, 2.45) is 5.41 Å². The van der Waals surface area contributed by atoms with Gasteiger partial charge in [0.1, 0.15) is 5.41 Å². The summed E-state index contributed by atoms with van der Waals surface area (Å²) in [4.78, 5) is 25.2. The first-order chi connectivity index (χ1) is 9.19. The van der Waals surface area contributed by atoms with Crippen molar-refractivity contribution in [2.75, 3.05) is 19.4 Å². The molecule has 0 atom stereocenters. The Balaban J connectivity index is 3.06. The number of nitriles is 1. The Morgan fingerprint density at radius 3 is 2.45 bits per heavy atom. The number of benzene rings is 1. The molecule has 0 saturated heterocycles. The Morgan fingerprint density at radius 1 is 1.35 bits per heavy atom. The SMILES string of the molecule is CN(C)C(=O)c1cc(NC(=O)C(C)(C)C#N)ccc1Cl. The van der Waals surface area contributed by atoms with E-state index in [1.54, 1.807) is 20.2 Å². The summed E-state index contributed by atoms with van der Waals surface area (Å²) in [6, 6.07) is 6.53. The van der Waals surface area contributed by atoms with Crippen LogP contribution in [-0.2, 0) is 4.79 Å². The molecule has 5 nitrogen and oxygen atoms in total. The standard InChI is InChI=1S/C14H16ClN3O2/c1-14(2,8-16)13(20)17-9-5-6-11(15)10(7-9)12(19)18(3)4/h5-7H,1-4H3,(H,17,20). The lowest BCUT2D eigenvalue weighted by Gasteiger charge is -2.16. The molecule has 106 valence electrons. The number of amides is 2. The lowest BCUT2D eigenvalue weighted by atomic mass is 9.94. The number of nitrogens with one attached hydrogen (secondary N) is 1. The molecule has 0 aromatic heterocycles. The van der Waals surface area contributed by atoms with E-state index in [2.05, 4.69) is 5.32 Å². The highest BCUT2D eigenvalue weighted by Gasteiger charge is 2.27. The number of anilines is 1. The van der Waals surface area contributed by atoms with Gasteiger partial charge in [0.25, 0.3) is 5.91 Å². The van der Waals surface area contributed by atoms with Crippen LogP contribution < -0.4 is 5.32 Å². The van der Waals surface area contributed by atoms with Crippen molar-refractivity contribution in [3.05, 3.63) is 28.8 Å². The Hall–Kier alpha value is -2.06. The summed E-state index contributed by atoms with van der Waals surface area (Å²) in [6.07, 6.45) is 0. The molecular formula is C14H16ClN3O2. The molecule has 20 heavy (non-hydrogen) atoms. The molecule has 0 bridgehead atoms. The normalized spacial score (nSPS) is 10.6. The van der Waals surface area contributed by atoms with Gasteiger partial charge in [-0.05, 0) is 32.0 Å². The summed E-state index contributed by atoms with van der Waals surface area (Å²) >= 11 is 5.98. The van der Waals surface area contributed by atoms with Crippen LogP contribution in [0.3, 0.4) is 0 Å². The predicted octanol–water partition coefficient (Wildman–Crippen LogP) is 2.53. The molecule has 0 aliphatic rings. The summed E-state index contributed by atoms with van der Waals surface area (Å²) in [5.41, 5.74) is -0.428. The van der Waals surface area contributed by atoms with E-state index < -0.39 is 11.3 Å². The number of hydrogen-bond acceptors (Lipinski definition) is 3. The summed E-state index contributed by atoms with van der Waals surface area (Å²) in [7, 11) is 3.23. The maximum Gasteiger partial charge on any atom is 0.254 e. The molecule has 0 fully saturated rings. The van der Waals surface area contributed by atoms with E-state index in [0.717, 1.165) is 0 Å². The predicted molar refractivity (Wildman–Crippen MR) is 77.5 cm³/mol. The van der Waals surface area contributed by atoms with Crippen LogP contribution in [0.5, 0.6) is 0 Å². The molecule has 0 aliphatic heterocycles. The summed E-state index contributed by atoms with van der Waals surface area (Å²) < 4.78 is 0. The summed E-state index contributed by atoms with van der Waals surface area (Å²) in [5, 5.41) is 11.8. The van der Waals surface area contributed by atoms with Crippen LogP contribution in [0.25, 0.3) is 0 Å². The van der Waals surface area contributed by atoms with E-state index in [-0.39, 0.29) is 5.91 Å². The van der Waals surface area contributed by atoms with Crippen LogP contribution in [0.15, 0.2) is 18.2 Å². The van der Waals surface area contributed by atoms with E-state index in [4.69, 9.17) is 16.9 Å². The Kier molecular flexibility index (Phi) is 4.74. The van der Waals surface area contributed by atoms with Crippen molar-refractivity contribution < 1.29 is 9.59 Å². The molecule has 1 rings (SSSR count). The van der Waals surface area contributed by atoms with Crippen molar-refractivity contribution in [2.45, 2.75) is 13.8 Å². The number of nitrogens with zero attached hydrogens (tertiary/aromatic N) is 2. The molecule has 0 heterocycles. The number of halogens is 1. The smallest absolute Gasteiger partial charge is 0.254 e. The molecule has 0 spiro atoms. The minimum Gasteiger partial charge on any atom is -0.345 e. The first-order valence-corrected chi connectivity index (χ1v) is 6.30. The molecule has 2 amide bonds. The lowest BCUT2D eigenvalue weighted by Crippen LogP contribution is -2.29. The first kappa shape index (κ1) is 16.0. The summed E-state index contributed by atoms with van der Waals surface area (Å²) in [5.74, 6) is -0.698. The maximum absolute atomic E-state index is 11.9. The molecule has 1 aromatic carbocycles. The third-order valence-corrected chi connectivity index (χ3v) is 3.04. The maximum atomic E-state index is 11.9. The minimum absolute atomic E-state index is 0.259. The number of carbonyl (C=O) groups is 2. The highest BCUT2D eigenvalue weighted by atomic mass is 35.5. The van der Waals surface area contributed by atoms with E-state index >= 15 is 0 Å². The van der Waals surface area contributed by atoms with Crippen molar-refractivity contribution >= 4 is 29.1 Å². The highest BCUT2D eigenvalue weighted by Crippen LogP contribution is 2.23. The molecular weight excluding hydrogens is 278 g/mol. The van der Waals surface area contributed by atoms with Crippen molar-refractivity contribution in [3.8, 4) is 6.07 Å². The van der Waals surface area contributed by atoms with Crippen molar-refractivity contribution in [1.82, 2.24) is 4.90 Å². The summed E-state index contributed by atoms with van der Waals surface area (Å²) in [6.45, 7) is 3.04. The first-order valence-electron chi connectivity index (χ1n) is 5.93. The topological polar surface area (TPSA) is 73.2 Å². The fraction of sp³-hybridized carbons (Fsp3) is 0.357. The lowest BCUT2D eigenvalue weighted by molar-refractivity contribution is -0.121. The number of hydrogen-bond donors (Lipinski definition) is 1. The molecule has 0 aliphatic carbocycles.